The first-order chi connectivity index (χ1) is 11.0. The van der Waals surface area contributed by atoms with Crippen molar-refractivity contribution in [1.29, 1.82) is 0 Å². The van der Waals surface area contributed by atoms with Crippen LogP contribution in [0.25, 0.3) is 11.5 Å². The number of halogens is 1. The summed E-state index contributed by atoms with van der Waals surface area (Å²) in [5, 5.41) is 20.2. The number of rotatable bonds is 4. The van der Waals surface area contributed by atoms with Crippen molar-refractivity contribution in [2.75, 3.05) is 5.32 Å². The summed E-state index contributed by atoms with van der Waals surface area (Å²) in [4.78, 5) is 22.1. The Morgan fingerprint density at radius 2 is 1.96 bits per heavy atom. The van der Waals surface area contributed by atoms with Gasteiger partial charge in [0, 0.05) is 11.6 Å². The molecule has 1 N–H and O–H groups in total. The molecular formula is C13H7FN4O4S. The Balaban J connectivity index is 1.74. The molecule has 10 heteroatoms. The maximum atomic E-state index is 12.9. The number of amides is 1. The molecule has 2 aromatic heterocycles. The Hall–Kier alpha value is -3.14. The number of carbonyl (C=O) groups is 1. The number of anilines is 1. The van der Waals surface area contributed by atoms with Crippen LogP contribution < -0.4 is 5.32 Å². The van der Waals surface area contributed by atoms with Crippen molar-refractivity contribution in [3.63, 3.8) is 0 Å². The summed E-state index contributed by atoms with van der Waals surface area (Å²) in [5.41, 5.74) is 0.492. The van der Waals surface area contributed by atoms with Crippen molar-refractivity contribution in [2.24, 2.45) is 0 Å². The Kier molecular flexibility index (Phi) is 3.81. The molecule has 0 atom stereocenters. The van der Waals surface area contributed by atoms with Gasteiger partial charge in [0.2, 0.25) is 5.89 Å². The second-order valence-corrected chi connectivity index (χ2v) is 5.33. The van der Waals surface area contributed by atoms with Gasteiger partial charge in [-0.15, -0.1) is 5.10 Å². The van der Waals surface area contributed by atoms with Gasteiger partial charge in [0.1, 0.15) is 5.82 Å². The minimum Gasteiger partial charge on any atom is -0.403 e. The fourth-order valence-corrected chi connectivity index (χ4v) is 2.41. The lowest BCUT2D eigenvalue weighted by Crippen LogP contribution is -2.10. The van der Waals surface area contributed by atoms with Gasteiger partial charge in [-0.1, -0.05) is 16.4 Å². The van der Waals surface area contributed by atoms with E-state index in [2.05, 4.69) is 15.5 Å². The van der Waals surface area contributed by atoms with Gasteiger partial charge < -0.3 is 4.42 Å². The van der Waals surface area contributed by atoms with Gasteiger partial charge in [0.05, 0.1) is 9.80 Å². The number of nitro groups is 1. The van der Waals surface area contributed by atoms with Crippen LogP contribution in [0.1, 0.15) is 9.67 Å². The van der Waals surface area contributed by atoms with Gasteiger partial charge >= 0.3 is 11.0 Å². The van der Waals surface area contributed by atoms with E-state index in [4.69, 9.17) is 4.42 Å². The molecule has 8 nitrogen and oxygen atoms in total. The average Bonchev–Trinajstić information content (AvgIpc) is 3.17. The van der Waals surface area contributed by atoms with Gasteiger partial charge in [-0.25, -0.2) is 4.39 Å². The molecule has 0 saturated heterocycles. The quantitative estimate of drug-likeness (QED) is 0.579. The van der Waals surface area contributed by atoms with Crippen molar-refractivity contribution < 1.29 is 18.5 Å². The van der Waals surface area contributed by atoms with Crippen LogP contribution in [-0.2, 0) is 0 Å². The van der Waals surface area contributed by atoms with E-state index in [-0.39, 0.29) is 21.8 Å². The molecule has 1 amide bonds. The van der Waals surface area contributed by atoms with E-state index in [1.165, 1.54) is 36.4 Å². The number of benzene rings is 1. The Labute approximate surface area is 131 Å². The lowest BCUT2D eigenvalue weighted by atomic mass is 10.2. The number of hydrogen-bond acceptors (Lipinski definition) is 7. The van der Waals surface area contributed by atoms with E-state index in [0.717, 1.165) is 11.3 Å². The average molecular weight is 334 g/mol. The first-order valence-electron chi connectivity index (χ1n) is 6.18. The lowest BCUT2D eigenvalue weighted by molar-refractivity contribution is -0.380. The third kappa shape index (κ3) is 3.21. The molecule has 3 rings (SSSR count). The van der Waals surface area contributed by atoms with Crippen LogP contribution in [0.2, 0.25) is 0 Å². The maximum Gasteiger partial charge on any atom is 0.324 e. The topological polar surface area (TPSA) is 111 Å². The van der Waals surface area contributed by atoms with Crippen molar-refractivity contribution in [3.05, 3.63) is 57.2 Å². The highest BCUT2D eigenvalue weighted by atomic mass is 32.1. The van der Waals surface area contributed by atoms with E-state index in [1.54, 1.807) is 0 Å². The highest BCUT2D eigenvalue weighted by Crippen LogP contribution is 2.25. The van der Waals surface area contributed by atoms with E-state index >= 15 is 0 Å². The summed E-state index contributed by atoms with van der Waals surface area (Å²) in [6.45, 7) is 0. The molecule has 0 fully saturated rings. The molecule has 0 radical (unpaired) electrons. The molecule has 1 aromatic carbocycles. The number of nitrogens with one attached hydrogen (secondary N) is 1. The fourth-order valence-electron chi connectivity index (χ4n) is 1.69. The Bertz CT molecular complexity index is 874. The monoisotopic (exact) mass is 334 g/mol. The van der Waals surface area contributed by atoms with E-state index in [0.29, 0.717) is 5.56 Å². The van der Waals surface area contributed by atoms with Crippen LogP contribution >= 0.6 is 11.3 Å². The molecule has 23 heavy (non-hydrogen) atoms. The van der Waals surface area contributed by atoms with Gasteiger partial charge in [-0.3, -0.25) is 20.2 Å². The predicted molar refractivity (Wildman–Crippen MR) is 78.6 cm³/mol. The fraction of sp³-hybridized carbons (Fsp3) is 0. The molecule has 0 spiro atoms. The highest BCUT2D eigenvalue weighted by molar-refractivity contribution is 7.17. The molecule has 0 aliphatic heterocycles. The molecule has 0 unspecified atom stereocenters. The number of carbonyl (C=O) groups excluding carboxylic acids is 1. The number of aromatic nitrogens is 2. The molecule has 0 aliphatic rings. The molecule has 0 saturated carbocycles. The first-order valence-corrected chi connectivity index (χ1v) is 6.99. The normalized spacial score (nSPS) is 10.5. The molecule has 116 valence electrons. The summed E-state index contributed by atoms with van der Waals surface area (Å²) >= 11 is 0.730. The van der Waals surface area contributed by atoms with Crippen molar-refractivity contribution in [2.45, 2.75) is 0 Å². The van der Waals surface area contributed by atoms with Gasteiger partial charge in [-0.2, -0.15) is 0 Å². The van der Waals surface area contributed by atoms with Gasteiger partial charge in [-0.05, 0) is 30.3 Å². The smallest absolute Gasteiger partial charge is 0.324 e. The van der Waals surface area contributed by atoms with Crippen molar-refractivity contribution in [1.82, 2.24) is 10.2 Å². The summed E-state index contributed by atoms with van der Waals surface area (Å²) in [5.74, 6) is -0.893. The van der Waals surface area contributed by atoms with Crippen molar-refractivity contribution >= 4 is 28.3 Å². The second-order valence-electron chi connectivity index (χ2n) is 4.27. The van der Waals surface area contributed by atoms with Crippen LogP contribution in [-0.4, -0.2) is 21.0 Å². The van der Waals surface area contributed by atoms with Gasteiger partial charge in [0.15, 0.2) is 0 Å². The molecule has 3 aromatic rings. The summed E-state index contributed by atoms with van der Waals surface area (Å²) in [6.07, 6.45) is 0. The summed E-state index contributed by atoms with van der Waals surface area (Å²) < 4.78 is 18.1. The third-order valence-corrected chi connectivity index (χ3v) is 3.77. The van der Waals surface area contributed by atoms with Crippen LogP contribution in [0.4, 0.5) is 15.4 Å². The summed E-state index contributed by atoms with van der Waals surface area (Å²) in [6, 6.07) is 7.79. The zero-order chi connectivity index (χ0) is 16.4. The predicted octanol–water partition coefficient (Wildman–Crippen LogP) is 3.10. The standard InChI is InChI=1S/C13H7FN4O4S/c14-8-3-1-7(2-4-8)12-16-17-13(22-12)15-11(19)9-5-6-10(23-9)18(20)21/h1-6H,(H,15,17,19). The van der Waals surface area contributed by atoms with Gasteiger partial charge in [0.25, 0.3) is 5.91 Å². The lowest BCUT2D eigenvalue weighted by Gasteiger charge is -1.96. The highest BCUT2D eigenvalue weighted by Gasteiger charge is 2.17. The molecule has 2 heterocycles. The van der Waals surface area contributed by atoms with E-state index in [9.17, 15) is 19.3 Å². The molecular weight excluding hydrogens is 327 g/mol. The van der Waals surface area contributed by atoms with Crippen LogP contribution in [0.5, 0.6) is 0 Å². The minimum absolute atomic E-state index is 0.109. The third-order valence-electron chi connectivity index (χ3n) is 2.73. The van der Waals surface area contributed by atoms with E-state index < -0.39 is 16.6 Å². The number of nitrogens with zero attached hydrogens (tertiary/aromatic N) is 3. The summed E-state index contributed by atoms with van der Waals surface area (Å²) in [7, 11) is 0. The largest absolute Gasteiger partial charge is 0.403 e. The Morgan fingerprint density at radius 1 is 1.22 bits per heavy atom. The molecule has 0 aliphatic carbocycles. The first kappa shape index (κ1) is 14.8. The van der Waals surface area contributed by atoms with Crippen LogP contribution in [0, 0.1) is 15.9 Å². The maximum absolute atomic E-state index is 12.9. The SMILES string of the molecule is O=C(Nc1nnc(-c2ccc(F)cc2)o1)c1ccc([N+](=O)[O-])s1. The minimum atomic E-state index is -0.600. The van der Waals surface area contributed by atoms with Crippen molar-refractivity contribution in [3.8, 4) is 11.5 Å². The number of thiophene rings is 1. The zero-order valence-corrected chi connectivity index (χ0v) is 12.0. The van der Waals surface area contributed by atoms with Crippen LogP contribution in [0.3, 0.4) is 0 Å². The Morgan fingerprint density at radius 3 is 2.61 bits per heavy atom. The zero-order valence-electron chi connectivity index (χ0n) is 11.2. The number of hydrogen-bond donors (Lipinski definition) is 1. The van der Waals surface area contributed by atoms with E-state index in [1.807, 2.05) is 0 Å². The molecule has 0 bridgehead atoms. The van der Waals surface area contributed by atoms with Crippen LogP contribution in [0.15, 0.2) is 40.8 Å². The second kappa shape index (κ2) is 5.93.